The first-order valence-electron chi connectivity index (χ1n) is 8.84. The van der Waals surface area contributed by atoms with Crippen LogP contribution in [0.15, 0.2) is 71.1 Å². The van der Waals surface area contributed by atoms with Crippen LogP contribution in [0.1, 0.15) is 32.2 Å². The van der Waals surface area contributed by atoms with Crippen LogP contribution in [0, 0.1) is 0 Å². The average molecular weight is 373 g/mol. The van der Waals surface area contributed by atoms with Crippen molar-refractivity contribution >= 4 is 17.5 Å². The third-order valence-electron chi connectivity index (χ3n) is 5.33. The molecule has 28 heavy (non-hydrogen) atoms. The number of rotatable bonds is 2. The molecule has 0 radical (unpaired) electrons. The Morgan fingerprint density at radius 2 is 1.71 bits per heavy atom. The molecule has 0 bridgehead atoms. The number of benzene rings is 2. The Balaban J connectivity index is 1.76. The van der Waals surface area contributed by atoms with Gasteiger partial charge in [-0.3, -0.25) is 9.59 Å². The lowest BCUT2D eigenvalue weighted by Crippen LogP contribution is -2.37. The number of carbonyl (C=O) groups is 3. The number of fused-ring (bicyclic) bond motifs is 1. The molecule has 1 aliphatic carbocycles. The van der Waals surface area contributed by atoms with E-state index in [1.807, 2.05) is 6.07 Å². The molecule has 0 amide bonds. The Kier molecular flexibility index (Phi) is 3.49. The number of ketones is 2. The van der Waals surface area contributed by atoms with Gasteiger partial charge in [-0.2, -0.15) is 0 Å². The van der Waals surface area contributed by atoms with Crippen molar-refractivity contribution in [3.05, 3.63) is 87.8 Å². The maximum Gasteiger partial charge on any atom is 0.337 e. The summed E-state index contributed by atoms with van der Waals surface area (Å²) < 4.78 is 10.5. The third kappa shape index (κ3) is 2.18. The Morgan fingerprint density at radius 3 is 2.46 bits per heavy atom. The summed E-state index contributed by atoms with van der Waals surface area (Å²) in [5.74, 6) is -1.11. The molecule has 1 atom stereocenters. The normalized spacial score (nSPS) is 20.3. The monoisotopic (exact) mass is 373 g/mol. The van der Waals surface area contributed by atoms with Crippen LogP contribution in [0.25, 0.3) is 0 Å². The summed E-state index contributed by atoms with van der Waals surface area (Å²) in [4.78, 5) is 39.0. The second-order valence-electron chi connectivity index (χ2n) is 6.80. The van der Waals surface area contributed by atoms with Gasteiger partial charge in [0.1, 0.15) is 12.4 Å². The van der Waals surface area contributed by atoms with Gasteiger partial charge < -0.3 is 14.8 Å². The minimum Gasteiger partial charge on any atom is -0.497 e. The molecule has 6 heteroatoms. The second kappa shape index (κ2) is 5.92. The maximum atomic E-state index is 13.4. The smallest absolute Gasteiger partial charge is 0.337 e. The number of ether oxygens (including phenoxy) is 2. The first-order chi connectivity index (χ1) is 13.6. The molecule has 0 saturated heterocycles. The fourth-order valence-electron chi connectivity index (χ4n) is 4.06. The molecular formula is C22H15NO5. The van der Waals surface area contributed by atoms with Crippen LogP contribution in [0.3, 0.4) is 0 Å². The zero-order valence-corrected chi connectivity index (χ0v) is 14.9. The first-order valence-corrected chi connectivity index (χ1v) is 8.84. The standard InChI is InChI=1S/C22H15NO5/c1-27-12-6-4-5-11(9-12)16-17-15(10-28-22(17)26)23-19-18(16)20(24)13-7-2-3-8-14(13)21(19)25/h2-9,16,23H,10H2,1H3. The minimum atomic E-state index is -0.693. The number of methoxy groups -OCH3 is 1. The van der Waals surface area contributed by atoms with Crippen molar-refractivity contribution in [3.8, 4) is 5.75 Å². The molecule has 2 aromatic rings. The largest absolute Gasteiger partial charge is 0.497 e. The number of Topliss-reactive ketones (excluding diaryl/α,β-unsaturated/α-hetero) is 2. The van der Waals surface area contributed by atoms with Gasteiger partial charge in [-0.25, -0.2) is 4.79 Å². The van der Waals surface area contributed by atoms with E-state index in [2.05, 4.69) is 5.32 Å². The molecule has 5 rings (SSSR count). The summed E-state index contributed by atoms with van der Waals surface area (Å²) in [6.07, 6.45) is 0. The van der Waals surface area contributed by atoms with Crippen molar-refractivity contribution < 1.29 is 23.9 Å². The van der Waals surface area contributed by atoms with E-state index in [1.54, 1.807) is 49.6 Å². The summed E-state index contributed by atoms with van der Waals surface area (Å²) in [7, 11) is 1.55. The molecule has 2 heterocycles. The molecule has 0 aromatic heterocycles. The number of nitrogens with one attached hydrogen (secondary N) is 1. The highest BCUT2D eigenvalue weighted by Gasteiger charge is 2.46. The van der Waals surface area contributed by atoms with Gasteiger partial charge in [0.25, 0.3) is 0 Å². The van der Waals surface area contributed by atoms with Crippen molar-refractivity contribution in [2.45, 2.75) is 5.92 Å². The number of carbonyl (C=O) groups excluding carboxylic acids is 3. The van der Waals surface area contributed by atoms with E-state index < -0.39 is 11.9 Å². The maximum absolute atomic E-state index is 13.4. The van der Waals surface area contributed by atoms with Gasteiger partial charge in [-0.1, -0.05) is 36.4 Å². The molecule has 2 aliphatic heterocycles. The number of hydrogen-bond donors (Lipinski definition) is 1. The fourth-order valence-corrected chi connectivity index (χ4v) is 4.06. The Labute approximate surface area is 160 Å². The lowest BCUT2D eigenvalue weighted by Gasteiger charge is -2.31. The lowest BCUT2D eigenvalue weighted by molar-refractivity contribution is -0.136. The molecular weight excluding hydrogens is 358 g/mol. The average Bonchev–Trinajstić information content (AvgIpc) is 3.11. The highest BCUT2D eigenvalue weighted by Crippen LogP contribution is 2.45. The number of dihydropyridines is 1. The summed E-state index contributed by atoms with van der Waals surface area (Å²) in [6.45, 7) is 0.0501. The van der Waals surface area contributed by atoms with Crippen molar-refractivity contribution in [3.63, 3.8) is 0 Å². The van der Waals surface area contributed by atoms with E-state index >= 15 is 0 Å². The number of hydrogen-bond acceptors (Lipinski definition) is 6. The van der Waals surface area contributed by atoms with Gasteiger partial charge in [-0.15, -0.1) is 0 Å². The SMILES string of the molecule is COc1cccc(C2C3=C(COC3=O)NC3=C2C(=O)c2ccccc2C3=O)c1. The summed E-state index contributed by atoms with van der Waals surface area (Å²) >= 11 is 0. The molecule has 0 spiro atoms. The highest BCUT2D eigenvalue weighted by atomic mass is 16.5. The van der Waals surface area contributed by atoms with E-state index in [1.165, 1.54) is 0 Å². The predicted octanol–water partition coefficient (Wildman–Crippen LogP) is 2.53. The molecule has 3 aliphatic rings. The Morgan fingerprint density at radius 1 is 0.964 bits per heavy atom. The Hall–Kier alpha value is -3.67. The van der Waals surface area contributed by atoms with Crippen LogP contribution >= 0.6 is 0 Å². The zero-order valence-electron chi connectivity index (χ0n) is 14.9. The van der Waals surface area contributed by atoms with Gasteiger partial charge >= 0.3 is 5.97 Å². The van der Waals surface area contributed by atoms with Crippen LogP contribution in [-0.4, -0.2) is 31.3 Å². The lowest BCUT2D eigenvalue weighted by atomic mass is 9.73. The van der Waals surface area contributed by atoms with Crippen LogP contribution in [-0.2, 0) is 9.53 Å². The summed E-state index contributed by atoms with van der Waals surface area (Å²) in [5.41, 5.74) is 2.78. The van der Waals surface area contributed by atoms with Gasteiger partial charge in [0.15, 0.2) is 5.78 Å². The molecule has 0 fully saturated rings. The molecule has 6 nitrogen and oxygen atoms in total. The van der Waals surface area contributed by atoms with E-state index in [4.69, 9.17) is 9.47 Å². The fraction of sp³-hybridized carbons (Fsp3) is 0.136. The van der Waals surface area contributed by atoms with Crippen LogP contribution in [0.2, 0.25) is 0 Å². The highest BCUT2D eigenvalue weighted by molar-refractivity contribution is 6.28. The van der Waals surface area contributed by atoms with Crippen molar-refractivity contribution in [1.82, 2.24) is 5.32 Å². The first kappa shape index (κ1) is 16.5. The van der Waals surface area contributed by atoms with Crippen molar-refractivity contribution in [2.75, 3.05) is 13.7 Å². The van der Waals surface area contributed by atoms with Gasteiger partial charge in [0, 0.05) is 22.6 Å². The van der Waals surface area contributed by atoms with Crippen LogP contribution < -0.4 is 10.1 Å². The number of esters is 1. The third-order valence-corrected chi connectivity index (χ3v) is 5.33. The van der Waals surface area contributed by atoms with Crippen LogP contribution in [0.4, 0.5) is 0 Å². The zero-order chi connectivity index (χ0) is 19.4. The van der Waals surface area contributed by atoms with E-state index in [-0.39, 0.29) is 29.4 Å². The molecule has 0 saturated carbocycles. The summed E-state index contributed by atoms with van der Waals surface area (Å²) in [5, 5.41) is 3.01. The van der Waals surface area contributed by atoms with Gasteiger partial charge in [-0.05, 0) is 17.7 Å². The molecule has 1 unspecified atom stereocenters. The number of cyclic esters (lactones) is 1. The van der Waals surface area contributed by atoms with Gasteiger partial charge in [0.2, 0.25) is 5.78 Å². The number of allylic oxidation sites excluding steroid dienone is 2. The van der Waals surface area contributed by atoms with Crippen molar-refractivity contribution in [1.29, 1.82) is 0 Å². The molecule has 1 N–H and O–H groups in total. The Bertz CT molecular complexity index is 1140. The second-order valence-corrected chi connectivity index (χ2v) is 6.80. The van der Waals surface area contributed by atoms with E-state index in [0.29, 0.717) is 33.7 Å². The summed E-state index contributed by atoms with van der Waals surface area (Å²) in [6, 6.07) is 13.9. The minimum absolute atomic E-state index is 0.0501. The topological polar surface area (TPSA) is 81.7 Å². The van der Waals surface area contributed by atoms with E-state index in [9.17, 15) is 14.4 Å². The molecule has 138 valence electrons. The van der Waals surface area contributed by atoms with Crippen LogP contribution in [0.5, 0.6) is 5.75 Å². The predicted molar refractivity (Wildman–Crippen MR) is 99.0 cm³/mol. The van der Waals surface area contributed by atoms with E-state index in [0.717, 1.165) is 0 Å². The molecule has 2 aromatic carbocycles. The van der Waals surface area contributed by atoms with Crippen molar-refractivity contribution in [2.24, 2.45) is 0 Å². The quantitative estimate of drug-likeness (QED) is 0.815. The van der Waals surface area contributed by atoms with Gasteiger partial charge in [0.05, 0.1) is 24.1 Å².